The molecule has 0 radical (unpaired) electrons. The summed E-state index contributed by atoms with van der Waals surface area (Å²) in [6.07, 6.45) is 3.79. The highest BCUT2D eigenvalue weighted by atomic mass is 15.3. The molecule has 1 rings (SSSR count). The predicted octanol–water partition coefficient (Wildman–Crippen LogP) is 2.64. The van der Waals surface area contributed by atoms with Crippen LogP contribution in [0.25, 0.3) is 0 Å². The molecule has 0 saturated carbocycles. The topological polar surface area (TPSA) is 42.9 Å². The molecular weight excluding hydrogens is 310 g/mol. The summed E-state index contributed by atoms with van der Waals surface area (Å²) in [4.78, 5) is 9.52. The average molecular weight is 354 g/mol. The third kappa shape index (κ3) is 10.0. The van der Waals surface area contributed by atoms with Gasteiger partial charge in [-0.05, 0) is 31.7 Å². The molecule has 0 aromatic heterocycles. The van der Waals surface area contributed by atoms with Crippen molar-refractivity contribution in [2.75, 3.05) is 52.9 Å². The Labute approximate surface area is 156 Å². The Kier molecular flexibility index (Phi) is 11.1. The van der Waals surface area contributed by atoms with E-state index in [-0.39, 0.29) is 0 Å². The maximum Gasteiger partial charge on any atom is 0.191 e. The smallest absolute Gasteiger partial charge is 0.191 e. The van der Waals surface area contributed by atoms with Crippen LogP contribution < -0.4 is 10.6 Å². The van der Waals surface area contributed by atoms with E-state index in [0.717, 1.165) is 18.4 Å². The summed E-state index contributed by atoms with van der Waals surface area (Å²) in [5.41, 5.74) is 0. The first-order valence-electron chi connectivity index (χ1n) is 10.4. The van der Waals surface area contributed by atoms with E-state index in [0.29, 0.717) is 12.0 Å². The Bertz CT molecular complexity index is 361. The summed E-state index contributed by atoms with van der Waals surface area (Å²) < 4.78 is 0. The van der Waals surface area contributed by atoms with Crippen molar-refractivity contribution >= 4 is 5.96 Å². The summed E-state index contributed by atoms with van der Waals surface area (Å²) in [5, 5.41) is 7.04. The van der Waals surface area contributed by atoms with E-state index in [1.54, 1.807) is 0 Å². The van der Waals surface area contributed by atoms with E-state index in [1.807, 2.05) is 7.05 Å². The first kappa shape index (κ1) is 22.2. The van der Waals surface area contributed by atoms with Crippen LogP contribution in [-0.2, 0) is 0 Å². The van der Waals surface area contributed by atoms with Crippen molar-refractivity contribution in [3.63, 3.8) is 0 Å². The molecule has 5 heteroatoms. The molecule has 0 amide bonds. The van der Waals surface area contributed by atoms with Gasteiger partial charge >= 0.3 is 0 Å². The molecule has 148 valence electrons. The molecule has 5 nitrogen and oxygen atoms in total. The number of hydrogen-bond acceptors (Lipinski definition) is 3. The fourth-order valence-electron chi connectivity index (χ4n) is 3.40. The Balaban J connectivity index is 2.20. The fourth-order valence-corrected chi connectivity index (χ4v) is 3.40. The average Bonchev–Trinajstić information content (AvgIpc) is 2.58. The number of piperazine rings is 1. The van der Waals surface area contributed by atoms with Crippen molar-refractivity contribution in [2.24, 2.45) is 16.8 Å². The minimum Gasteiger partial charge on any atom is -0.356 e. The first-order chi connectivity index (χ1) is 11.9. The molecule has 25 heavy (non-hydrogen) atoms. The van der Waals surface area contributed by atoms with Gasteiger partial charge in [0.15, 0.2) is 5.96 Å². The van der Waals surface area contributed by atoms with Gasteiger partial charge in [0.05, 0.1) is 0 Å². The van der Waals surface area contributed by atoms with Gasteiger partial charge in [-0.1, -0.05) is 40.5 Å². The lowest BCUT2D eigenvalue weighted by Gasteiger charge is -2.35. The Morgan fingerprint density at radius 3 is 2.20 bits per heavy atom. The summed E-state index contributed by atoms with van der Waals surface area (Å²) in [5.74, 6) is 2.37. The highest BCUT2D eigenvalue weighted by Crippen LogP contribution is 2.08. The van der Waals surface area contributed by atoms with E-state index in [4.69, 9.17) is 0 Å². The number of aliphatic imine (C=N–C) groups is 1. The second-order valence-electron chi connectivity index (χ2n) is 8.16. The van der Waals surface area contributed by atoms with Crippen molar-refractivity contribution in [3.8, 4) is 0 Å². The highest BCUT2D eigenvalue weighted by molar-refractivity contribution is 5.79. The maximum atomic E-state index is 4.39. The van der Waals surface area contributed by atoms with Gasteiger partial charge in [0.25, 0.3) is 0 Å². The van der Waals surface area contributed by atoms with Gasteiger partial charge in [-0.15, -0.1) is 0 Å². The van der Waals surface area contributed by atoms with Gasteiger partial charge in [0.1, 0.15) is 0 Å². The number of nitrogens with one attached hydrogen (secondary N) is 2. The van der Waals surface area contributed by atoms with Crippen LogP contribution in [0.5, 0.6) is 0 Å². The quantitative estimate of drug-likeness (QED) is 0.468. The summed E-state index contributed by atoms with van der Waals surface area (Å²) in [6.45, 7) is 19.6. The summed E-state index contributed by atoms with van der Waals surface area (Å²) in [6, 6.07) is 0.474. The van der Waals surface area contributed by atoms with E-state index in [9.17, 15) is 0 Å². The highest BCUT2D eigenvalue weighted by Gasteiger charge is 2.17. The lowest BCUT2D eigenvalue weighted by Crippen LogP contribution is -2.49. The van der Waals surface area contributed by atoms with Crippen LogP contribution in [0.15, 0.2) is 4.99 Å². The number of rotatable bonds is 10. The molecule has 1 aliphatic heterocycles. The SMILES string of the molecule is CCN1CCN(CC(C)CNC(=NC)NC(C)CCCC(C)C)CC1. The number of guanidine groups is 1. The van der Waals surface area contributed by atoms with Gasteiger partial charge in [-0.25, -0.2) is 0 Å². The Morgan fingerprint density at radius 2 is 1.64 bits per heavy atom. The zero-order valence-corrected chi connectivity index (χ0v) is 17.6. The number of hydrogen-bond donors (Lipinski definition) is 2. The van der Waals surface area contributed by atoms with Crippen molar-refractivity contribution in [1.82, 2.24) is 20.4 Å². The van der Waals surface area contributed by atoms with Crippen LogP contribution in [0, 0.1) is 11.8 Å². The molecule has 1 heterocycles. The Morgan fingerprint density at radius 1 is 1.00 bits per heavy atom. The zero-order valence-electron chi connectivity index (χ0n) is 17.6. The van der Waals surface area contributed by atoms with Gasteiger partial charge in [0.2, 0.25) is 0 Å². The van der Waals surface area contributed by atoms with Gasteiger partial charge in [0, 0.05) is 52.4 Å². The van der Waals surface area contributed by atoms with E-state index < -0.39 is 0 Å². The van der Waals surface area contributed by atoms with Crippen molar-refractivity contribution < 1.29 is 0 Å². The van der Waals surface area contributed by atoms with Crippen LogP contribution in [0.4, 0.5) is 0 Å². The van der Waals surface area contributed by atoms with Crippen LogP contribution in [0.2, 0.25) is 0 Å². The van der Waals surface area contributed by atoms with Gasteiger partial charge < -0.3 is 20.4 Å². The summed E-state index contributed by atoms with van der Waals surface area (Å²) in [7, 11) is 1.87. The lowest BCUT2D eigenvalue weighted by atomic mass is 10.0. The molecule has 1 aliphatic rings. The second kappa shape index (κ2) is 12.5. The lowest BCUT2D eigenvalue weighted by molar-refractivity contribution is 0.124. The van der Waals surface area contributed by atoms with Crippen molar-refractivity contribution in [3.05, 3.63) is 0 Å². The third-order valence-electron chi connectivity index (χ3n) is 5.13. The normalized spacial score (nSPS) is 19.9. The maximum absolute atomic E-state index is 4.39. The first-order valence-corrected chi connectivity index (χ1v) is 10.4. The molecule has 0 aliphatic carbocycles. The molecular formula is C20H43N5. The molecule has 1 fully saturated rings. The van der Waals surface area contributed by atoms with E-state index in [1.165, 1.54) is 58.5 Å². The molecule has 0 aromatic carbocycles. The van der Waals surface area contributed by atoms with Gasteiger partial charge in [-0.3, -0.25) is 4.99 Å². The Hall–Kier alpha value is -0.810. The summed E-state index contributed by atoms with van der Waals surface area (Å²) >= 11 is 0. The minimum atomic E-state index is 0.474. The molecule has 2 unspecified atom stereocenters. The number of likely N-dealkylation sites (N-methyl/N-ethyl adjacent to an activating group) is 1. The number of nitrogens with zero attached hydrogens (tertiary/aromatic N) is 3. The van der Waals surface area contributed by atoms with Gasteiger partial charge in [-0.2, -0.15) is 0 Å². The van der Waals surface area contributed by atoms with Crippen molar-refractivity contribution in [2.45, 2.75) is 59.9 Å². The second-order valence-corrected chi connectivity index (χ2v) is 8.16. The zero-order chi connectivity index (χ0) is 18.7. The van der Waals surface area contributed by atoms with Crippen LogP contribution in [0.3, 0.4) is 0 Å². The molecule has 1 saturated heterocycles. The molecule has 2 atom stereocenters. The fraction of sp³-hybridized carbons (Fsp3) is 0.950. The molecule has 0 spiro atoms. The molecule has 0 bridgehead atoms. The van der Waals surface area contributed by atoms with Crippen LogP contribution >= 0.6 is 0 Å². The third-order valence-corrected chi connectivity index (χ3v) is 5.13. The van der Waals surface area contributed by atoms with E-state index in [2.05, 4.69) is 60.0 Å². The largest absolute Gasteiger partial charge is 0.356 e. The van der Waals surface area contributed by atoms with Crippen molar-refractivity contribution in [1.29, 1.82) is 0 Å². The monoisotopic (exact) mass is 353 g/mol. The van der Waals surface area contributed by atoms with Crippen LogP contribution in [-0.4, -0.2) is 74.7 Å². The predicted molar refractivity (Wildman–Crippen MR) is 110 cm³/mol. The van der Waals surface area contributed by atoms with Crippen LogP contribution in [0.1, 0.15) is 53.9 Å². The standard InChI is InChI=1S/C20H43N5/c1-7-24-11-13-25(14-12-24)16-18(4)15-22-20(21-6)23-19(5)10-8-9-17(2)3/h17-19H,7-16H2,1-6H3,(H2,21,22,23). The van der Waals surface area contributed by atoms with E-state index >= 15 is 0 Å². The molecule has 0 aromatic rings. The molecule has 2 N–H and O–H groups in total. The minimum absolute atomic E-state index is 0.474.